The molecule has 0 bridgehead atoms. The zero-order chi connectivity index (χ0) is 5.54. The third kappa shape index (κ3) is 6.56. The van der Waals surface area contributed by atoms with Gasteiger partial charge in [-0.3, -0.25) is 0 Å². The van der Waals surface area contributed by atoms with Crippen LogP contribution in [-0.2, 0) is 8.27 Å². The first-order chi connectivity index (χ1) is 3.41. The van der Waals surface area contributed by atoms with Gasteiger partial charge in [0.15, 0.2) is 0 Å². The summed E-state index contributed by atoms with van der Waals surface area (Å²) in [6, 6.07) is 0. The first-order valence-electron chi connectivity index (χ1n) is 2.48. The van der Waals surface area contributed by atoms with Crippen LogP contribution in [0.1, 0.15) is 6.92 Å². The molecule has 3 heteroatoms. The van der Waals surface area contributed by atoms with Gasteiger partial charge in [-0.2, -0.15) is 0 Å². The van der Waals surface area contributed by atoms with E-state index in [-0.39, 0.29) is 0 Å². The Morgan fingerprint density at radius 2 is 2.14 bits per heavy atom. The molecule has 7 heavy (non-hydrogen) atoms. The molecule has 0 aliphatic heterocycles. The van der Waals surface area contributed by atoms with E-state index in [1.807, 2.05) is 6.92 Å². The molecule has 0 aromatic rings. The molecule has 0 fully saturated rings. The third-order valence-corrected chi connectivity index (χ3v) is 1.49. The second kappa shape index (κ2) is 6.56. The van der Waals surface area contributed by atoms with Gasteiger partial charge >= 0.3 is 54.0 Å². The Labute approximate surface area is 54.5 Å². The fourth-order valence-corrected chi connectivity index (χ4v) is 0.636. The predicted octanol–water partition coefficient (Wildman–Crippen LogP) is -0.412. The van der Waals surface area contributed by atoms with Crippen molar-refractivity contribution < 1.29 is 8.27 Å². The molecule has 0 aliphatic carbocycles. The molecule has 0 aromatic carbocycles. The third-order valence-electron chi connectivity index (χ3n) is 0.636. The summed E-state index contributed by atoms with van der Waals surface area (Å²) in [7, 11) is 0. The second-order valence-electron chi connectivity index (χ2n) is 1.19. The van der Waals surface area contributed by atoms with E-state index in [1.54, 1.807) is 0 Å². The number of hydrogen-bond donors (Lipinski definition) is 0. The van der Waals surface area contributed by atoms with E-state index in [2.05, 4.69) is 0 Å². The molecule has 0 saturated heterocycles. The summed E-state index contributed by atoms with van der Waals surface area (Å²) >= 11 is 0.532. The zero-order valence-electron chi connectivity index (χ0n) is 4.94. The minimum absolute atomic E-state index is 0.532. The van der Waals surface area contributed by atoms with Crippen LogP contribution < -0.4 is 0 Å². The molecular formula is C4H11GaO2. The molecule has 42 valence electrons. The maximum atomic E-state index is 4.98. The summed E-state index contributed by atoms with van der Waals surface area (Å²) in [5.41, 5.74) is 0. The van der Waals surface area contributed by atoms with E-state index in [0.717, 1.165) is 19.8 Å². The Morgan fingerprint density at radius 3 is 2.57 bits per heavy atom. The zero-order valence-corrected chi connectivity index (χ0v) is 9.13. The Hall–Kier alpha value is 0.556. The topological polar surface area (TPSA) is 18.5 Å². The number of hydrogen-bond acceptors (Lipinski definition) is 2. The Kier molecular flexibility index (Phi) is 7.08. The quantitative estimate of drug-likeness (QED) is 0.412. The molecule has 0 atom stereocenters. The van der Waals surface area contributed by atoms with Crippen molar-refractivity contribution in [1.29, 1.82) is 0 Å². The number of ether oxygens (including phenoxy) is 1. The van der Waals surface area contributed by atoms with Crippen LogP contribution >= 0.6 is 0 Å². The van der Waals surface area contributed by atoms with Gasteiger partial charge in [0.05, 0.1) is 0 Å². The summed E-state index contributed by atoms with van der Waals surface area (Å²) in [6.07, 6.45) is 0. The van der Waals surface area contributed by atoms with Crippen molar-refractivity contribution in [1.82, 2.24) is 0 Å². The van der Waals surface area contributed by atoms with Crippen molar-refractivity contribution >= 4 is 19.0 Å². The van der Waals surface area contributed by atoms with Crippen LogP contribution in [0, 0.1) is 0 Å². The van der Waals surface area contributed by atoms with Gasteiger partial charge in [0.1, 0.15) is 0 Å². The molecule has 0 N–H and O–H groups in total. The van der Waals surface area contributed by atoms with Crippen molar-refractivity contribution in [3.8, 4) is 0 Å². The monoisotopic (exact) mass is 160 g/mol. The van der Waals surface area contributed by atoms with E-state index in [0.29, 0.717) is 19.0 Å². The number of rotatable bonds is 4. The summed E-state index contributed by atoms with van der Waals surface area (Å²) in [5, 5.41) is 0. The SMILES string of the molecule is CCOCC[O][GaH2]. The molecule has 0 spiro atoms. The van der Waals surface area contributed by atoms with Gasteiger partial charge < -0.3 is 0 Å². The molecule has 2 nitrogen and oxygen atoms in total. The van der Waals surface area contributed by atoms with Gasteiger partial charge in [-0.15, -0.1) is 0 Å². The van der Waals surface area contributed by atoms with E-state index < -0.39 is 0 Å². The van der Waals surface area contributed by atoms with E-state index in [4.69, 9.17) is 8.27 Å². The summed E-state index contributed by atoms with van der Waals surface area (Å²) < 4.78 is 9.89. The minimum atomic E-state index is 0.532. The first-order valence-corrected chi connectivity index (χ1v) is 4.19. The summed E-state index contributed by atoms with van der Waals surface area (Å²) in [5.74, 6) is 0. The van der Waals surface area contributed by atoms with Crippen molar-refractivity contribution in [3.05, 3.63) is 0 Å². The van der Waals surface area contributed by atoms with Crippen LogP contribution in [0.25, 0.3) is 0 Å². The van der Waals surface area contributed by atoms with Crippen LogP contribution in [0.15, 0.2) is 0 Å². The van der Waals surface area contributed by atoms with Gasteiger partial charge in [-0.25, -0.2) is 0 Å². The van der Waals surface area contributed by atoms with E-state index >= 15 is 0 Å². The molecule has 0 heterocycles. The molecule has 0 unspecified atom stereocenters. The van der Waals surface area contributed by atoms with Crippen molar-refractivity contribution in [2.75, 3.05) is 19.8 Å². The van der Waals surface area contributed by atoms with Gasteiger partial charge in [-0.1, -0.05) is 0 Å². The second-order valence-corrected chi connectivity index (χ2v) is 2.40. The van der Waals surface area contributed by atoms with Gasteiger partial charge in [-0.05, 0) is 0 Å². The average Bonchev–Trinajstić information content (AvgIpc) is 1.69. The molecular weight excluding hydrogens is 150 g/mol. The molecule has 0 aromatic heterocycles. The van der Waals surface area contributed by atoms with Gasteiger partial charge in [0.2, 0.25) is 0 Å². The van der Waals surface area contributed by atoms with Crippen LogP contribution in [-0.4, -0.2) is 38.8 Å². The maximum absolute atomic E-state index is 4.98. The van der Waals surface area contributed by atoms with Crippen LogP contribution in [0.5, 0.6) is 0 Å². The van der Waals surface area contributed by atoms with Gasteiger partial charge in [0, 0.05) is 0 Å². The van der Waals surface area contributed by atoms with Crippen LogP contribution in [0.2, 0.25) is 0 Å². The Bertz CT molecular complexity index is 28.9. The average molecular weight is 161 g/mol. The molecule has 0 rings (SSSR count). The molecule has 0 aliphatic rings. The summed E-state index contributed by atoms with van der Waals surface area (Å²) in [4.78, 5) is 0. The van der Waals surface area contributed by atoms with Crippen molar-refractivity contribution in [3.63, 3.8) is 0 Å². The fraction of sp³-hybridized carbons (Fsp3) is 1.00. The van der Waals surface area contributed by atoms with Crippen molar-refractivity contribution in [2.24, 2.45) is 0 Å². The van der Waals surface area contributed by atoms with Crippen LogP contribution in [0.4, 0.5) is 0 Å². The van der Waals surface area contributed by atoms with Gasteiger partial charge in [0.25, 0.3) is 0 Å². The normalized spacial score (nSPS) is 9.29. The Morgan fingerprint density at radius 1 is 1.43 bits per heavy atom. The fourth-order valence-electron chi connectivity index (χ4n) is 0.287. The predicted molar refractivity (Wildman–Crippen MR) is 31.0 cm³/mol. The first kappa shape index (κ1) is 7.56. The standard InChI is InChI=1S/C4H9O2.Ga.2H/c1-2-6-4-3-5;;;/h2-4H2,1H3;;;/q-1;+1;;. The summed E-state index contributed by atoms with van der Waals surface area (Å²) in [6.45, 7) is 4.33. The van der Waals surface area contributed by atoms with E-state index in [9.17, 15) is 0 Å². The van der Waals surface area contributed by atoms with Crippen LogP contribution in [0.3, 0.4) is 0 Å². The van der Waals surface area contributed by atoms with E-state index in [1.165, 1.54) is 0 Å². The molecule has 0 amide bonds. The molecule has 0 saturated carbocycles. The van der Waals surface area contributed by atoms with Crippen molar-refractivity contribution in [2.45, 2.75) is 6.92 Å². The Balaban J connectivity index is 2.45. The molecule has 0 radical (unpaired) electrons.